The van der Waals surface area contributed by atoms with Gasteiger partial charge in [-0.25, -0.2) is 9.59 Å². The SMILES string of the molecule is O=C(O)[C@H]1C[C@H](c2nn[nH]n2)CN1C(=O)O. The molecule has 1 saturated heterocycles. The number of rotatable bonds is 2. The highest BCUT2D eigenvalue weighted by Gasteiger charge is 2.41. The van der Waals surface area contributed by atoms with E-state index in [-0.39, 0.29) is 18.9 Å². The van der Waals surface area contributed by atoms with E-state index in [1.54, 1.807) is 0 Å². The molecule has 0 aliphatic carbocycles. The number of likely N-dealkylation sites (tertiary alicyclic amines) is 1. The lowest BCUT2D eigenvalue weighted by Gasteiger charge is -2.16. The van der Waals surface area contributed by atoms with E-state index in [0.29, 0.717) is 5.82 Å². The van der Waals surface area contributed by atoms with Gasteiger partial charge in [0, 0.05) is 12.5 Å². The Balaban J connectivity index is 2.18. The minimum absolute atomic E-state index is 0.0752. The second-order valence-electron chi connectivity index (χ2n) is 3.49. The summed E-state index contributed by atoms with van der Waals surface area (Å²) in [5.74, 6) is -1.14. The average molecular weight is 227 g/mol. The zero-order chi connectivity index (χ0) is 11.7. The highest BCUT2D eigenvalue weighted by molar-refractivity contribution is 5.80. The van der Waals surface area contributed by atoms with E-state index in [2.05, 4.69) is 20.6 Å². The quantitative estimate of drug-likeness (QED) is 0.597. The number of carbonyl (C=O) groups is 2. The van der Waals surface area contributed by atoms with Crippen molar-refractivity contribution < 1.29 is 19.8 Å². The van der Waals surface area contributed by atoms with Crippen LogP contribution in [0.3, 0.4) is 0 Å². The monoisotopic (exact) mass is 227 g/mol. The molecule has 1 aromatic heterocycles. The van der Waals surface area contributed by atoms with Crippen LogP contribution in [-0.4, -0.2) is 60.4 Å². The molecule has 2 rings (SSSR count). The Bertz CT molecular complexity index is 383. The van der Waals surface area contributed by atoms with Gasteiger partial charge >= 0.3 is 12.1 Å². The minimum Gasteiger partial charge on any atom is -0.480 e. The molecular weight excluding hydrogens is 218 g/mol. The van der Waals surface area contributed by atoms with E-state index >= 15 is 0 Å². The van der Waals surface area contributed by atoms with Crippen LogP contribution in [0, 0.1) is 0 Å². The van der Waals surface area contributed by atoms with E-state index < -0.39 is 18.1 Å². The fourth-order valence-electron chi connectivity index (χ4n) is 1.81. The Morgan fingerprint density at radius 2 is 2.19 bits per heavy atom. The van der Waals surface area contributed by atoms with Crippen LogP contribution in [0.5, 0.6) is 0 Å². The van der Waals surface area contributed by atoms with E-state index in [0.717, 1.165) is 4.90 Å². The highest BCUT2D eigenvalue weighted by atomic mass is 16.4. The lowest BCUT2D eigenvalue weighted by Crippen LogP contribution is -2.39. The van der Waals surface area contributed by atoms with Gasteiger partial charge in [-0.1, -0.05) is 5.21 Å². The number of hydrogen-bond acceptors (Lipinski definition) is 5. The first-order valence-electron chi connectivity index (χ1n) is 4.55. The Morgan fingerprint density at radius 1 is 1.44 bits per heavy atom. The van der Waals surface area contributed by atoms with Crippen LogP contribution in [0.15, 0.2) is 0 Å². The average Bonchev–Trinajstić information content (AvgIpc) is 2.86. The van der Waals surface area contributed by atoms with Gasteiger partial charge < -0.3 is 10.2 Å². The largest absolute Gasteiger partial charge is 0.480 e. The van der Waals surface area contributed by atoms with Gasteiger partial charge in [-0.3, -0.25) is 4.90 Å². The molecule has 1 aliphatic heterocycles. The van der Waals surface area contributed by atoms with E-state index in [1.807, 2.05) is 0 Å². The standard InChI is InChI=1S/C7H9N5O4/c13-6(14)4-1-3(2-12(4)7(15)16)5-8-10-11-9-5/h3-4H,1-2H2,(H,13,14)(H,15,16)(H,8,9,10,11)/t3-,4+/m0/s1. The Labute approximate surface area is 89.1 Å². The maximum atomic E-state index is 10.9. The molecule has 9 nitrogen and oxygen atoms in total. The summed E-state index contributed by atoms with van der Waals surface area (Å²) >= 11 is 0. The third-order valence-electron chi connectivity index (χ3n) is 2.56. The van der Waals surface area contributed by atoms with Crippen molar-refractivity contribution in [3.63, 3.8) is 0 Å². The van der Waals surface area contributed by atoms with E-state index in [1.165, 1.54) is 0 Å². The molecule has 1 aromatic rings. The van der Waals surface area contributed by atoms with Crippen LogP contribution in [0.1, 0.15) is 18.2 Å². The molecule has 0 spiro atoms. The predicted octanol–water partition coefficient (Wildman–Crippen LogP) is -0.880. The molecule has 3 N–H and O–H groups in total. The molecule has 0 unspecified atom stereocenters. The molecule has 0 bridgehead atoms. The molecule has 9 heteroatoms. The third kappa shape index (κ3) is 1.66. The number of aromatic amines is 1. The second kappa shape index (κ2) is 3.76. The van der Waals surface area contributed by atoms with Crippen LogP contribution < -0.4 is 0 Å². The Kier molecular flexibility index (Phi) is 2.43. The molecule has 86 valence electrons. The number of aliphatic carboxylic acids is 1. The molecule has 16 heavy (non-hydrogen) atoms. The zero-order valence-electron chi connectivity index (χ0n) is 8.07. The van der Waals surface area contributed by atoms with Crippen LogP contribution >= 0.6 is 0 Å². The van der Waals surface area contributed by atoms with Crippen molar-refractivity contribution in [2.75, 3.05) is 6.54 Å². The van der Waals surface area contributed by atoms with Crippen molar-refractivity contribution in [3.05, 3.63) is 5.82 Å². The number of amides is 1. The second-order valence-corrected chi connectivity index (χ2v) is 3.49. The summed E-state index contributed by atoms with van der Waals surface area (Å²) in [5, 5.41) is 30.8. The fraction of sp³-hybridized carbons (Fsp3) is 0.571. The molecule has 1 amide bonds. The number of carboxylic acids is 1. The highest BCUT2D eigenvalue weighted by Crippen LogP contribution is 2.29. The van der Waals surface area contributed by atoms with Gasteiger partial charge in [-0.15, -0.1) is 10.2 Å². The molecule has 0 saturated carbocycles. The summed E-state index contributed by atoms with van der Waals surface area (Å²) in [6, 6.07) is -1.04. The van der Waals surface area contributed by atoms with Gasteiger partial charge in [0.1, 0.15) is 6.04 Å². The molecular formula is C7H9N5O4. The molecule has 1 aliphatic rings. The molecule has 0 radical (unpaired) electrons. The van der Waals surface area contributed by atoms with Crippen LogP contribution in [0.2, 0.25) is 0 Å². The van der Waals surface area contributed by atoms with Gasteiger partial charge in [0.2, 0.25) is 0 Å². The maximum absolute atomic E-state index is 10.9. The van der Waals surface area contributed by atoms with E-state index in [4.69, 9.17) is 10.2 Å². The Hall–Kier alpha value is -2.19. The van der Waals surface area contributed by atoms with Crippen LogP contribution in [0.4, 0.5) is 4.79 Å². The van der Waals surface area contributed by atoms with Crippen molar-refractivity contribution >= 4 is 12.1 Å². The lowest BCUT2D eigenvalue weighted by atomic mass is 10.1. The number of nitrogens with zero attached hydrogens (tertiary/aromatic N) is 4. The number of H-pyrrole nitrogens is 1. The summed E-state index contributed by atoms with van der Waals surface area (Å²) in [4.78, 5) is 22.6. The summed E-state index contributed by atoms with van der Waals surface area (Å²) in [7, 11) is 0. The van der Waals surface area contributed by atoms with Crippen molar-refractivity contribution in [3.8, 4) is 0 Å². The number of tetrazole rings is 1. The molecule has 2 heterocycles. The first-order chi connectivity index (χ1) is 7.59. The molecule has 2 atom stereocenters. The van der Waals surface area contributed by atoms with Gasteiger partial charge in [0.25, 0.3) is 0 Å². The van der Waals surface area contributed by atoms with Crippen molar-refractivity contribution in [1.82, 2.24) is 25.5 Å². The van der Waals surface area contributed by atoms with Gasteiger partial charge in [0.05, 0.1) is 0 Å². The van der Waals surface area contributed by atoms with Crippen molar-refractivity contribution in [2.24, 2.45) is 0 Å². The Morgan fingerprint density at radius 3 is 2.62 bits per heavy atom. The van der Waals surface area contributed by atoms with Crippen molar-refractivity contribution in [2.45, 2.75) is 18.4 Å². The fourth-order valence-corrected chi connectivity index (χ4v) is 1.81. The normalized spacial score (nSPS) is 24.6. The number of hydrogen-bond donors (Lipinski definition) is 3. The first-order valence-corrected chi connectivity index (χ1v) is 4.55. The van der Waals surface area contributed by atoms with E-state index in [9.17, 15) is 9.59 Å². The van der Waals surface area contributed by atoms with Gasteiger partial charge in [-0.05, 0) is 6.42 Å². The lowest BCUT2D eigenvalue weighted by molar-refractivity contribution is -0.141. The maximum Gasteiger partial charge on any atom is 0.408 e. The molecule has 0 aromatic carbocycles. The van der Waals surface area contributed by atoms with Gasteiger partial charge in [0.15, 0.2) is 5.82 Å². The summed E-state index contributed by atoms with van der Waals surface area (Å²) < 4.78 is 0. The number of nitrogens with one attached hydrogen (secondary N) is 1. The smallest absolute Gasteiger partial charge is 0.408 e. The third-order valence-corrected chi connectivity index (χ3v) is 2.56. The van der Waals surface area contributed by atoms with Crippen LogP contribution in [0.25, 0.3) is 0 Å². The zero-order valence-corrected chi connectivity index (χ0v) is 8.07. The number of aromatic nitrogens is 4. The summed E-state index contributed by atoms with van der Waals surface area (Å²) in [6.07, 6.45) is -1.08. The summed E-state index contributed by atoms with van der Waals surface area (Å²) in [5.41, 5.74) is 0. The first kappa shape index (κ1) is 10.3. The predicted molar refractivity (Wildman–Crippen MR) is 47.7 cm³/mol. The molecule has 1 fully saturated rings. The topological polar surface area (TPSA) is 132 Å². The number of carboxylic acid groups (broad SMARTS) is 2. The van der Waals surface area contributed by atoms with Crippen molar-refractivity contribution in [1.29, 1.82) is 0 Å². The minimum atomic E-state index is -1.25. The van der Waals surface area contributed by atoms with Gasteiger partial charge in [-0.2, -0.15) is 5.21 Å². The van der Waals surface area contributed by atoms with Crippen LogP contribution in [-0.2, 0) is 4.79 Å². The summed E-state index contributed by atoms with van der Waals surface area (Å²) in [6.45, 7) is 0.0752.